The van der Waals surface area contributed by atoms with E-state index in [0.717, 1.165) is 24.5 Å². The summed E-state index contributed by atoms with van der Waals surface area (Å²) in [6.07, 6.45) is 1.43. The second kappa shape index (κ2) is 7.44. The first kappa shape index (κ1) is 17.0. The fourth-order valence-corrected chi connectivity index (χ4v) is 3.12. The number of carbonyl (C=O) groups excluding carboxylic acids is 1. The molecule has 0 unspecified atom stereocenters. The second-order valence-corrected chi connectivity index (χ2v) is 6.07. The van der Waals surface area contributed by atoms with E-state index in [0.29, 0.717) is 31.2 Å². The minimum absolute atomic E-state index is 0.0837. The third-order valence-corrected chi connectivity index (χ3v) is 4.45. The van der Waals surface area contributed by atoms with Gasteiger partial charge in [0.25, 0.3) is 5.91 Å². The minimum Gasteiger partial charge on any atom is -0.492 e. The molecule has 1 amide bonds. The second-order valence-electron chi connectivity index (χ2n) is 6.07. The molecule has 10 nitrogen and oxygen atoms in total. The Labute approximate surface area is 155 Å². The monoisotopic (exact) mass is 368 g/mol. The summed E-state index contributed by atoms with van der Waals surface area (Å²) in [6, 6.07) is 9.64. The van der Waals surface area contributed by atoms with Gasteiger partial charge in [0.2, 0.25) is 0 Å². The molecule has 10 heteroatoms. The minimum atomic E-state index is -0.0837. The first-order chi connectivity index (χ1) is 13.3. The zero-order valence-electron chi connectivity index (χ0n) is 14.9. The molecule has 1 aromatic carbocycles. The molecule has 1 aliphatic rings. The predicted octanol–water partition coefficient (Wildman–Crippen LogP) is 0.746. The molecule has 1 N–H and O–H groups in total. The van der Waals surface area contributed by atoms with Crippen molar-refractivity contribution in [2.45, 2.75) is 6.92 Å². The zero-order valence-corrected chi connectivity index (χ0v) is 14.9. The number of hydrogen-bond acceptors (Lipinski definition) is 7. The number of nitrogens with one attached hydrogen (secondary N) is 1. The molecule has 0 aliphatic carbocycles. The maximum atomic E-state index is 12.7. The highest BCUT2D eigenvalue weighted by Gasteiger charge is 2.25. The molecular formula is C17H20N8O2. The number of H-pyrrole nitrogens is 1. The fourth-order valence-electron chi connectivity index (χ4n) is 3.12. The molecule has 2 aromatic heterocycles. The number of rotatable bonds is 5. The van der Waals surface area contributed by atoms with E-state index >= 15 is 0 Å². The SMILES string of the molecule is CCOc1ccccc1N1CCN(C(=O)c2cc(-n3cnnn3)n[nH]2)CC1. The van der Waals surface area contributed by atoms with Crippen LogP contribution in [0.4, 0.5) is 5.69 Å². The molecule has 1 saturated heterocycles. The summed E-state index contributed by atoms with van der Waals surface area (Å²) in [5.74, 6) is 1.27. The third kappa shape index (κ3) is 3.46. The van der Waals surface area contributed by atoms with Crippen LogP contribution in [0.2, 0.25) is 0 Å². The number of aromatic nitrogens is 6. The summed E-state index contributed by atoms with van der Waals surface area (Å²) in [4.78, 5) is 16.8. The summed E-state index contributed by atoms with van der Waals surface area (Å²) in [5, 5.41) is 17.8. The highest BCUT2D eigenvalue weighted by atomic mass is 16.5. The summed E-state index contributed by atoms with van der Waals surface area (Å²) < 4.78 is 7.12. The Morgan fingerprint density at radius 2 is 2.04 bits per heavy atom. The Balaban J connectivity index is 1.41. The number of anilines is 1. The number of aromatic amines is 1. The smallest absolute Gasteiger partial charge is 0.272 e. The maximum Gasteiger partial charge on any atom is 0.272 e. The van der Waals surface area contributed by atoms with Gasteiger partial charge in [-0.2, -0.15) is 9.78 Å². The summed E-state index contributed by atoms with van der Waals surface area (Å²) in [7, 11) is 0. The van der Waals surface area contributed by atoms with Crippen molar-refractivity contribution in [3.8, 4) is 11.6 Å². The Kier molecular flexibility index (Phi) is 4.69. The number of amides is 1. The van der Waals surface area contributed by atoms with E-state index in [9.17, 15) is 4.79 Å². The topological polar surface area (TPSA) is 105 Å². The molecule has 3 aromatic rings. The molecule has 0 radical (unpaired) electrons. The van der Waals surface area contributed by atoms with Gasteiger partial charge in [-0.25, -0.2) is 0 Å². The standard InChI is InChI=1S/C17H20N8O2/c1-2-27-15-6-4-3-5-14(15)23-7-9-24(10-8-23)17(26)13-11-16(20-19-13)25-12-18-21-22-25/h3-6,11-12H,2,7-10H2,1H3,(H,19,20). The number of hydrogen-bond donors (Lipinski definition) is 1. The van der Waals surface area contributed by atoms with E-state index in [2.05, 4.69) is 36.7 Å². The maximum absolute atomic E-state index is 12.7. The van der Waals surface area contributed by atoms with E-state index in [1.54, 1.807) is 6.07 Å². The largest absolute Gasteiger partial charge is 0.492 e. The van der Waals surface area contributed by atoms with Crippen LogP contribution in [0.3, 0.4) is 0 Å². The van der Waals surface area contributed by atoms with Crippen molar-refractivity contribution >= 4 is 11.6 Å². The van der Waals surface area contributed by atoms with Gasteiger partial charge in [-0.05, 0) is 29.5 Å². The predicted molar refractivity (Wildman–Crippen MR) is 97.0 cm³/mol. The van der Waals surface area contributed by atoms with Crippen LogP contribution in [0, 0.1) is 0 Å². The molecule has 3 heterocycles. The number of tetrazole rings is 1. The van der Waals surface area contributed by atoms with Crippen molar-refractivity contribution in [1.29, 1.82) is 0 Å². The molecule has 1 aliphatic heterocycles. The number of nitrogens with zero attached hydrogens (tertiary/aromatic N) is 7. The van der Waals surface area contributed by atoms with Gasteiger partial charge in [0, 0.05) is 32.2 Å². The van der Waals surface area contributed by atoms with Gasteiger partial charge in [-0.1, -0.05) is 12.1 Å². The normalized spacial score (nSPS) is 14.4. The highest BCUT2D eigenvalue weighted by molar-refractivity contribution is 5.92. The van der Waals surface area contributed by atoms with E-state index in [4.69, 9.17) is 4.74 Å². The molecule has 0 atom stereocenters. The van der Waals surface area contributed by atoms with Gasteiger partial charge >= 0.3 is 0 Å². The zero-order chi connectivity index (χ0) is 18.6. The molecule has 1 fully saturated rings. The lowest BCUT2D eigenvalue weighted by Gasteiger charge is -2.36. The van der Waals surface area contributed by atoms with Gasteiger partial charge in [0.1, 0.15) is 17.8 Å². The van der Waals surface area contributed by atoms with Crippen molar-refractivity contribution < 1.29 is 9.53 Å². The average Bonchev–Trinajstić information content (AvgIpc) is 3.40. The van der Waals surface area contributed by atoms with E-state index in [1.807, 2.05) is 30.0 Å². The van der Waals surface area contributed by atoms with Crippen LogP contribution in [0.15, 0.2) is 36.7 Å². The Hall–Kier alpha value is -3.43. The highest BCUT2D eigenvalue weighted by Crippen LogP contribution is 2.29. The number of piperazine rings is 1. The lowest BCUT2D eigenvalue weighted by atomic mass is 10.2. The van der Waals surface area contributed by atoms with Crippen LogP contribution >= 0.6 is 0 Å². The van der Waals surface area contributed by atoms with E-state index in [-0.39, 0.29) is 5.91 Å². The molecule has 140 valence electrons. The molecule has 0 saturated carbocycles. The van der Waals surface area contributed by atoms with Gasteiger partial charge in [-0.15, -0.1) is 5.10 Å². The number of ether oxygens (including phenoxy) is 1. The Morgan fingerprint density at radius 3 is 2.78 bits per heavy atom. The van der Waals surface area contributed by atoms with Crippen LogP contribution in [0.25, 0.3) is 5.82 Å². The molecule has 0 spiro atoms. The van der Waals surface area contributed by atoms with Crippen molar-refractivity contribution in [3.05, 3.63) is 42.4 Å². The quantitative estimate of drug-likeness (QED) is 0.708. The van der Waals surface area contributed by atoms with Crippen LogP contribution in [0.5, 0.6) is 5.75 Å². The third-order valence-electron chi connectivity index (χ3n) is 4.45. The van der Waals surface area contributed by atoms with Crippen molar-refractivity contribution in [2.24, 2.45) is 0 Å². The lowest BCUT2D eigenvalue weighted by Crippen LogP contribution is -2.49. The number of carbonyl (C=O) groups is 1. The molecule has 0 bridgehead atoms. The van der Waals surface area contributed by atoms with Gasteiger partial charge in [0.15, 0.2) is 5.82 Å². The summed E-state index contributed by atoms with van der Waals surface area (Å²) in [6.45, 7) is 5.32. The van der Waals surface area contributed by atoms with E-state index in [1.165, 1.54) is 11.0 Å². The fraction of sp³-hybridized carbons (Fsp3) is 0.353. The van der Waals surface area contributed by atoms with Gasteiger partial charge in [-0.3, -0.25) is 9.89 Å². The van der Waals surface area contributed by atoms with Crippen LogP contribution in [-0.4, -0.2) is 74.0 Å². The Morgan fingerprint density at radius 1 is 1.22 bits per heavy atom. The Bertz CT molecular complexity index is 899. The van der Waals surface area contributed by atoms with Crippen LogP contribution in [0.1, 0.15) is 17.4 Å². The summed E-state index contributed by atoms with van der Waals surface area (Å²) >= 11 is 0. The summed E-state index contributed by atoms with van der Waals surface area (Å²) in [5.41, 5.74) is 1.48. The number of benzene rings is 1. The first-order valence-corrected chi connectivity index (χ1v) is 8.81. The first-order valence-electron chi connectivity index (χ1n) is 8.81. The average molecular weight is 368 g/mol. The molecule has 4 rings (SSSR count). The van der Waals surface area contributed by atoms with Crippen molar-refractivity contribution in [3.63, 3.8) is 0 Å². The van der Waals surface area contributed by atoms with Crippen LogP contribution < -0.4 is 9.64 Å². The van der Waals surface area contributed by atoms with Gasteiger partial charge in [0.05, 0.1) is 12.3 Å². The lowest BCUT2D eigenvalue weighted by molar-refractivity contribution is 0.0740. The van der Waals surface area contributed by atoms with Crippen molar-refractivity contribution in [2.75, 3.05) is 37.7 Å². The molecular weight excluding hydrogens is 348 g/mol. The van der Waals surface area contributed by atoms with E-state index < -0.39 is 0 Å². The number of para-hydroxylation sites is 2. The van der Waals surface area contributed by atoms with Gasteiger partial charge < -0.3 is 14.5 Å². The van der Waals surface area contributed by atoms with Crippen LogP contribution in [-0.2, 0) is 0 Å². The molecule has 27 heavy (non-hydrogen) atoms. The van der Waals surface area contributed by atoms with Crippen molar-refractivity contribution in [1.82, 2.24) is 35.3 Å².